The molecule has 0 aliphatic carbocycles. The van der Waals surface area contributed by atoms with Crippen LogP contribution in [0.5, 0.6) is 5.75 Å². The van der Waals surface area contributed by atoms with Crippen molar-refractivity contribution in [3.05, 3.63) is 29.6 Å². The van der Waals surface area contributed by atoms with Gasteiger partial charge in [-0.1, -0.05) is 0 Å². The van der Waals surface area contributed by atoms with E-state index < -0.39 is 6.10 Å². The van der Waals surface area contributed by atoms with Crippen molar-refractivity contribution < 1.29 is 23.7 Å². The van der Waals surface area contributed by atoms with E-state index in [4.69, 9.17) is 14.2 Å². The zero-order valence-corrected chi connectivity index (χ0v) is 10.3. The van der Waals surface area contributed by atoms with Crippen molar-refractivity contribution in [3.63, 3.8) is 0 Å². The third-order valence-electron chi connectivity index (χ3n) is 2.85. The summed E-state index contributed by atoms with van der Waals surface area (Å²) in [5.41, 5.74) is 0.629. The zero-order chi connectivity index (χ0) is 13.0. The minimum atomic E-state index is -0.634. The number of halogens is 1. The molecule has 4 nitrogen and oxygen atoms in total. The molecule has 0 bridgehead atoms. The molecule has 0 amide bonds. The van der Waals surface area contributed by atoms with Gasteiger partial charge in [-0.2, -0.15) is 0 Å². The van der Waals surface area contributed by atoms with Crippen LogP contribution in [0.2, 0.25) is 0 Å². The van der Waals surface area contributed by atoms with Crippen molar-refractivity contribution in [2.24, 2.45) is 0 Å². The van der Waals surface area contributed by atoms with Gasteiger partial charge in [-0.3, -0.25) is 0 Å². The molecule has 1 aromatic carbocycles. The molecule has 0 aromatic heterocycles. The number of fused-ring (bicyclic) bond motifs is 1. The SMILES string of the molecule is COCCOCC1C[C@H](O)c2ccc(F)cc2O1. The lowest BCUT2D eigenvalue weighted by Gasteiger charge is -2.29. The number of ether oxygens (including phenoxy) is 3. The summed E-state index contributed by atoms with van der Waals surface area (Å²) in [6.45, 7) is 1.35. The lowest BCUT2D eigenvalue weighted by molar-refractivity contribution is -0.00962. The summed E-state index contributed by atoms with van der Waals surface area (Å²) in [6.07, 6.45) is -0.442. The molecule has 0 radical (unpaired) electrons. The van der Waals surface area contributed by atoms with Crippen LogP contribution in [0.25, 0.3) is 0 Å². The predicted molar refractivity (Wildman–Crippen MR) is 63.1 cm³/mol. The minimum Gasteiger partial charge on any atom is -0.487 e. The van der Waals surface area contributed by atoms with Crippen LogP contribution < -0.4 is 4.74 Å². The standard InChI is InChI=1S/C13H17FO4/c1-16-4-5-17-8-10-7-12(15)11-3-2-9(14)6-13(11)18-10/h2-3,6,10,12,15H,4-5,7-8H2,1H3/t10?,12-/m0/s1. The Labute approximate surface area is 105 Å². The Morgan fingerprint density at radius 1 is 1.44 bits per heavy atom. The maximum atomic E-state index is 13.1. The second-order valence-corrected chi connectivity index (χ2v) is 4.24. The molecule has 0 fully saturated rings. The third kappa shape index (κ3) is 3.19. The first-order valence-corrected chi connectivity index (χ1v) is 5.91. The monoisotopic (exact) mass is 256 g/mol. The third-order valence-corrected chi connectivity index (χ3v) is 2.85. The van der Waals surface area contributed by atoms with E-state index in [2.05, 4.69) is 0 Å². The largest absolute Gasteiger partial charge is 0.487 e. The molecule has 2 atom stereocenters. The molecule has 18 heavy (non-hydrogen) atoms. The fourth-order valence-corrected chi connectivity index (χ4v) is 1.95. The Bertz CT molecular complexity index is 397. The summed E-state index contributed by atoms with van der Waals surface area (Å²) in [5, 5.41) is 9.94. The zero-order valence-electron chi connectivity index (χ0n) is 10.3. The van der Waals surface area contributed by atoms with Gasteiger partial charge in [0.2, 0.25) is 0 Å². The number of benzene rings is 1. The Morgan fingerprint density at radius 2 is 2.28 bits per heavy atom. The Hall–Kier alpha value is -1.17. The highest BCUT2D eigenvalue weighted by Gasteiger charge is 2.27. The van der Waals surface area contributed by atoms with E-state index in [9.17, 15) is 9.50 Å². The first kappa shape index (κ1) is 13.3. The highest BCUT2D eigenvalue weighted by Crippen LogP contribution is 2.35. The molecule has 1 aliphatic rings. The first-order chi connectivity index (χ1) is 8.70. The van der Waals surface area contributed by atoms with Gasteiger partial charge in [-0.15, -0.1) is 0 Å². The predicted octanol–water partition coefficient (Wildman–Crippen LogP) is 1.67. The molecule has 1 aliphatic heterocycles. The molecule has 0 saturated carbocycles. The smallest absolute Gasteiger partial charge is 0.128 e. The maximum Gasteiger partial charge on any atom is 0.128 e. The van der Waals surface area contributed by atoms with Gasteiger partial charge >= 0.3 is 0 Å². The molecule has 2 rings (SSSR count). The summed E-state index contributed by atoms with van der Waals surface area (Å²) in [7, 11) is 1.60. The molecule has 0 saturated heterocycles. The van der Waals surface area contributed by atoms with Crippen LogP contribution in [0.4, 0.5) is 4.39 Å². The second-order valence-electron chi connectivity index (χ2n) is 4.24. The average Bonchev–Trinajstić information content (AvgIpc) is 2.34. The number of methoxy groups -OCH3 is 1. The molecule has 1 aromatic rings. The van der Waals surface area contributed by atoms with Crippen LogP contribution in [0.1, 0.15) is 18.1 Å². The summed E-state index contributed by atoms with van der Waals surface area (Å²) >= 11 is 0. The van der Waals surface area contributed by atoms with Crippen LogP contribution in [-0.4, -0.2) is 38.1 Å². The van der Waals surface area contributed by atoms with Gasteiger partial charge in [0.25, 0.3) is 0 Å². The number of aliphatic hydroxyl groups excluding tert-OH is 1. The topological polar surface area (TPSA) is 47.9 Å². The van der Waals surface area contributed by atoms with Gasteiger partial charge in [-0.25, -0.2) is 4.39 Å². The fraction of sp³-hybridized carbons (Fsp3) is 0.538. The molecule has 1 heterocycles. The molecule has 1 unspecified atom stereocenters. The van der Waals surface area contributed by atoms with E-state index in [1.54, 1.807) is 13.2 Å². The van der Waals surface area contributed by atoms with Crippen LogP contribution in [0, 0.1) is 5.82 Å². The summed E-state index contributed by atoms with van der Waals surface area (Å²) in [5.74, 6) is 0.0241. The summed E-state index contributed by atoms with van der Waals surface area (Å²) in [6, 6.07) is 4.16. The Kier molecular flexibility index (Phi) is 4.52. The van der Waals surface area contributed by atoms with Crippen LogP contribution in [-0.2, 0) is 9.47 Å². The van der Waals surface area contributed by atoms with E-state index in [0.29, 0.717) is 37.6 Å². The van der Waals surface area contributed by atoms with Gasteiger partial charge in [0.05, 0.1) is 25.9 Å². The van der Waals surface area contributed by atoms with Crippen molar-refractivity contribution in [1.82, 2.24) is 0 Å². The number of hydrogen-bond acceptors (Lipinski definition) is 4. The van der Waals surface area contributed by atoms with Crippen molar-refractivity contribution in [2.75, 3.05) is 26.9 Å². The Balaban J connectivity index is 1.94. The van der Waals surface area contributed by atoms with Gasteiger partial charge in [0.15, 0.2) is 0 Å². The van der Waals surface area contributed by atoms with Gasteiger partial charge < -0.3 is 19.3 Å². The lowest BCUT2D eigenvalue weighted by Crippen LogP contribution is -2.30. The van der Waals surface area contributed by atoms with Crippen molar-refractivity contribution in [3.8, 4) is 5.75 Å². The highest BCUT2D eigenvalue weighted by atomic mass is 19.1. The normalized spacial score (nSPS) is 22.4. The van der Waals surface area contributed by atoms with Crippen LogP contribution >= 0.6 is 0 Å². The molecular weight excluding hydrogens is 239 g/mol. The van der Waals surface area contributed by atoms with Gasteiger partial charge in [-0.05, 0) is 12.1 Å². The molecule has 5 heteroatoms. The molecule has 100 valence electrons. The second kappa shape index (κ2) is 6.13. The van der Waals surface area contributed by atoms with Crippen LogP contribution in [0.15, 0.2) is 18.2 Å². The van der Waals surface area contributed by atoms with E-state index in [0.717, 1.165) is 0 Å². The molecular formula is C13H17FO4. The maximum absolute atomic E-state index is 13.1. The minimum absolute atomic E-state index is 0.258. The number of aliphatic hydroxyl groups is 1. The van der Waals surface area contributed by atoms with Crippen molar-refractivity contribution in [2.45, 2.75) is 18.6 Å². The molecule has 0 spiro atoms. The fourth-order valence-electron chi connectivity index (χ4n) is 1.95. The lowest BCUT2D eigenvalue weighted by atomic mass is 9.99. The quantitative estimate of drug-likeness (QED) is 0.814. The van der Waals surface area contributed by atoms with E-state index in [1.807, 2.05) is 0 Å². The summed E-state index contributed by atoms with van der Waals surface area (Å²) in [4.78, 5) is 0. The highest BCUT2D eigenvalue weighted by molar-refractivity contribution is 5.37. The van der Waals surface area contributed by atoms with Gasteiger partial charge in [0, 0.05) is 25.2 Å². The molecule has 1 N–H and O–H groups in total. The van der Waals surface area contributed by atoms with E-state index >= 15 is 0 Å². The van der Waals surface area contributed by atoms with Crippen molar-refractivity contribution >= 4 is 0 Å². The first-order valence-electron chi connectivity index (χ1n) is 5.91. The average molecular weight is 256 g/mol. The number of rotatable bonds is 5. The van der Waals surface area contributed by atoms with Gasteiger partial charge in [0.1, 0.15) is 17.7 Å². The summed E-state index contributed by atoms with van der Waals surface area (Å²) < 4.78 is 28.9. The number of hydrogen-bond donors (Lipinski definition) is 1. The van der Waals surface area contributed by atoms with Crippen molar-refractivity contribution in [1.29, 1.82) is 0 Å². The van der Waals surface area contributed by atoms with Crippen LogP contribution in [0.3, 0.4) is 0 Å². The van der Waals surface area contributed by atoms with E-state index in [1.165, 1.54) is 12.1 Å². The van der Waals surface area contributed by atoms with E-state index in [-0.39, 0.29) is 11.9 Å². The Morgan fingerprint density at radius 3 is 3.06 bits per heavy atom.